The highest BCUT2D eigenvalue weighted by Crippen LogP contribution is 2.09. The Labute approximate surface area is 53.6 Å². The molecule has 0 aromatic heterocycles. The van der Waals surface area contributed by atoms with Gasteiger partial charge in [0, 0.05) is 6.61 Å². The first-order chi connectivity index (χ1) is 3.93. The van der Waals surface area contributed by atoms with Gasteiger partial charge in [0.05, 0.1) is 17.8 Å². The Morgan fingerprint density at radius 3 is 3.00 bits per heavy atom. The minimum absolute atomic E-state index is 0.338. The largest absolute Gasteiger partial charge is 0.376 e. The summed E-state index contributed by atoms with van der Waals surface area (Å²) < 4.78 is 5.05. The molecule has 0 spiro atoms. The maximum atomic E-state index is 5.05. The Balaban J connectivity index is 2.09. The van der Waals surface area contributed by atoms with Crippen LogP contribution in [0.3, 0.4) is 0 Å². The molecule has 0 saturated carbocycles. The highest BCUT2D eigenvalue weighted by atomic mass is 32.1. The zero-order chi connectivity index (χ0) is 5.82. The molecule has 0 amide bonds. The summed E-state index contributed by atoms with van der Waals surface area (Å²) in [7, 11) is 0. The number of nitrogens with zero attached hydrogens (tertiary/aromatic N) is 1. The standard InChI is InChI=1S/C5H7NOS/c8-4-6-3-5-1-2-7-5/h5H,1-3H2/t5-/m1/s1. The number of hydrogen-bond acceptors (Lipinski definition) is 3. The van der Waals surface area contributed by atoms with Gasteiger partial charge < -0.3 is 4.74 Å². The molecule has 0 radical (unpaired) electrons. The van der Waals surface area contributed by atoms with Gasteiger partial charge in [-0.2, -0.15) is 0 Å². The van der Waals surface area contributed by atoms with Crippen LogP contribution in [-0.2, 0) is 4.74 Å². The van der Waals surface area contributed by atoms with Gasteiger partial charge in [0.2, 0.25) is 0 Å². The summed E-state index contributed by atoms with van der Waals surface area (Å²) in [5.41, 5.74) is 0. The molecule has 1 fully saturated rings. The summed E-state index contributed by atoms with van der Waals surface area (Å²) in [6.45, 7) is 1.58. The van der Waals surface area contributed by atoms with E-state index in [4.69, 9.17) is 4.74 Å². The highest BCUT2D eigenvalue weighted by Gasteiger charge is 2.16. The Hall–Kier alpha value is -0.240. The zero-order valence-electron chi connectivity index (χ0n) is 4.46. The van der Waals surface area contributed by atoms with E-state index in [1.165, 1.54) is 0 Å². The molecule has 1 saturated heterocycles. The second kappa shape index (κ2) is 2.92. The minimum atomic E-state index is 0.338. The summed E-state index contributed by atoms with van der Waals surface area (Å²) in [5, 5.41) is 2.30. The van der Waals surface area contributed by atoms with Crippen molar-refractivity contribution in [3.8, 4) is 0 Å². The Bertz CT molecular complexity index is 116. The van der Waals surface area contributed by atoms with Gasteiger partial charge in [-0.25, -0.2) is 4.99 Å². The molecule has 0 bridgehead atoms. The molecule has 0 unspecified atom stereocenters. The minimum Gasteiger partial charge on any atom is -0.376 e. The van der Waals surface area contributed by atoms with E-state index in [1.54, 1.807) is 0 Å². The van der Waals surface area contributed by atoms with E-state index in [9.17, 15) is 0 Å². The average Bonchev–Trinajstić information content (AvgIpc) is 1.63. The topological polar surface area (TPSA) is 21.6 Å². The molecule has 0 N–H and O–H groups in total. The van der Waals surface area contributed by atoms with Gasteiger partial charge in [0.25, 0.3) is 0 Å². The van der Waals surface area contributed by atoms with Crippen LogP contribution in [0.4, 0.5) is 0 Å². The van der Waals surface area contributed by atoms with Crippen LogP contribution >= 0.6 is 12.2 Å². The van der Waals surface area contributed by atoms with Crippen molar-refractivity contribution in [3.05, 3.63) is 0 Å². The van der Waals surface area contributed by atoms with Gasteiger partial charge in [-0.1, -0.05) is 0 Å². The van der Waals surface area contributed by atoms with Gasteiger partial charge in [0.15, 0.2) is 0 Å². The molecule has 1 rings (SSSR count). The van der Waals surface area contributed by atoms with Crippen molar-refractivity contribution in [2.75, 3.05) is 13.2 Å². The fourth-order valence-corrected chi connectivity index (χ4v) is 0.642. The van der Waals surface area contributed by atoms with Gasteiger partial charge in [-0.05, 0) is 18.6 Å². The van der Waals surface area contributed by atoms with E-state index in [1.807, 2.05) is 0 Å². The summed E-state index contributed by atoms with van der Waals surface area (Å²) in [5.74, 6) is 0. The maximum Gasteiger partial charge on any atom is 0.0800 e. The Kier molecular flexibility index (Phi) is 2.15. The summed E-state index contributed by atoms with van der Waals surface area (Å²) >= 11 is 4.37. The van der Waals surface area contributed by atoms with Crippen LogP contribution in [0.5, 0.6) is 0 Å². The lowest BCUT2D eigenvalue weighted by Crippen LogP contribution is -2.29. The lowest BCUT2D eigenvalue weighted by Gasteiger charge is -2.23. The molecule has 8 heavy (non-hydrogen) atoms. The van der Waals surface area contributed by atoms with E-state index in [0.29, 0.717) is 12.6 Å². The van der Waals surface area contributed by atoms with Crippen molar-refractivity contribution < 1.29 is 4.74 Å². The predicted molar refractivity (Wildman–Crippen MR) is 34.2 cm³/mol. The van der Waals surface area contributed by atoms with Gasteiger partial charge in [0.1, 0.15) is 0 Å². The maximum absolute atomic E-state index is 5.05. The fraction of sp³-hybridized carbons (Fsp3) is 0.800. The molecule has 1 aliphatic heterocycles. The molecular weight excluding hydrogens is 122 g/mol. The van der Waals surface area contributed by atoms with Crippen molar-refractivity contribution in [3.63, 3.8) is 0 Å². The van der Waals surface area contributed by atoms with E-state index < -0.39 is 0 Å². The number of aliphatic imine (C=N–C) groups is 1. The molecule has 44 valence electrons. The first-order valence-electron chi connectivity index (χ1n) is 2.58. The Morgan fingerprint density at radius 1 is 1.88 bits per heavy atom. The van der Waals surface area contributed by atoms with Gasteiger partial charge in [-0.15, -0.1) is 0 Å². The van der Waals surface area contributed by atoms with Crippen LogP contribution in [0.1, 0.15) is 6.42 Å². The monoisotopic (exact) mass is 129 g/mol. The van der Waals surface area contributed by atoms with Crippen LogP contribution in [-0.4, -0.2) is 24.4 Å². The second-order valence-electron chi connectivity index (χ2n) is 1.71. The molecule has 1 aliphatic rings. The number of thiocarbonyl (C=S) groups is 1. The second-order valence-corrected chi connectivity index (χ2v) is 1.90. The lowest BCUT2D eigenvalue weighted by atomic mass is 10.2. The molecule has 2 nitrogen and oxygen atoms in total. The van der Waals surface area contributed by atoms with E-state index in [0.717, 1.165) is 13.0 Å². The van der Waals surface area contributed by atoms with E-state index in [2.05, 4.69) is 22.4 Å². The predicted octanol–water partition coefficient (Wildman–Crippen LogP) is 0.878. The molecule has 1 heterocycles. The van der Waals surface area contributed by atoms with Crippen molar-refractivity contribution >= 4 is 17.4 Å². The molecule has 1 atom stereocenters. The number of isothiocyanates is 1. The third-order valence-corrected chi connectivity index (χ3v) is 1.28. The Morgan fingerprint density at radius 2 is 2.62 bits per heavy atom. The number of ether oxygens (including phenoxy) is 1. The van der Waals surface area contributed by atoms with Crippen molar-refractivity contribution in [1.82, 2.24) is 0 Å². The zero-order valence-corrected chi connectivity index (χ0v) is 5.28. The molecule has 0 aliphatic carbocycles. The molecule has 0 aromatic carbocycles. The number of hydrogen-bond donors (Lipinski definition) is 0. The number of rotatable bonds is 2. The van der Waals surface area contributed by atoms with E-state index >= 15 is 0 Å². The van der Waals surface area contributed by atoms with E-state index in [-0.39, 0.29) is 0 Å². The third kappa shape index (κ3) is 1.37. The normalized spacial score (nSPS) is 25.8. The van der Waals surface area contributed by atoms with Crippen LogP contribution in [0.2, 0.25) is 0 Å². The molecule has 0 aromatic rings. The first-order valence-corrected chi connectivity index (χ1v) is 2.99. The summed E-state index contributed by atoms with van der Waals surface area (Å²) in [6, 6.07) is 0. The van der Waals surface area contributed by atoms with Gasteiger partial charge >= 0.3 is 0 Å². The average molecular weight is 129 g/mol. The van der Waals surface area contributed by atoms with Crippen molar-refractivity contribution in [2.45, 2.75) is 12.5 Å². The van der Waals surface area contributed by atoms with Crippen LogP contribution in [0.25, 0.3) is 0 Å². The molecule has 3 heteroatoms. The van der Waals surface area contributed by atoms with Crippen LogP contribution in [0, 0.1) is 0 Å². The third-order valence-electron chi connectivity index (χ3n) is 1.15. The van der Waals surface area contributed by atoms with Crippen molar-refractivity contribution in [2.24, 2.45) is 4.99 Å². The quantitative estimate of drug-likeness (QED) is 0.407. The van der Waals surface area contributed by atoms with Crippen molar-refractivity contribution in [1.29, 1.82) is 0 Å². The van der Waals surface area contributed by atoms with Gasteiger partial charge in [-0.3, -0.25) is 0 Å². The van der Waals surface area contributed by atoms with Crippen LogP contribution in [0.15, 0.2) is 4.99 Å². The molecular formula is C5H7NOS. The SMILES string of the molecule is S=C=NC[C@H]1CCO1. The smallest absolute Gasteiger partial charge is 0.0800 e. The van der Waals surface area contributed by atoms with Crippen LogP contribution < -0.4 is 0 Å². The highest BCUT2D eigenvalue weighted by molar-refractivity contribution is 7.78. The summed E-state index contributed by atoms with van der Waals surface area (Å²) in [4.78, 5) is 3.73. The lowest BCUT2D eigenvalue weighted by molar-refractivity contribution is -0.0431. The summed E-state index contributed by atoms with van der Waals surface area (Å²) in [6.07, 6.45) is 1.46. The fourth-order valence-electron chi connectivity index (χ4n) is 0.568. The first kappa shape index (κ1) is 5.89.